The summed E-state index contributed by atoms with van der Waals surface area (Å²) >= 11 is 0. The molecule has 0 spiro atoms. The van der Waals surface area contributed by atoms with E-state index < -0.39 is 0 Å². The Morgan fingerprint density at radius 1 is 1.10 bits per heavy atom. The lowest BCUT2D eigenvalue weighted by Crippen LogP contribution is -2.06. The molecule has 0 radical (unpaired) electrons. The normalized spacial score (nSPS) is 16.3. The van der Waals surface area contributed by atoms with Gasteiger partial charge in [0.15, 0.2) is 0 Å². The van der Waals surface area contributed by atoms with Crippen molar-refractivity contribution in [2.45, 2.75) is 44.9 Å². The molecule has 1 aromatic heterocycles. The number of aryl methyl sites for hydroxylation is 1. The Labute approximate surface area is 120 Å². The molecule has 1 N–H and O–H groups in total. The van der Waals surface area contributed by atoms with Gasteiger partial charge in [-0.3, -0.25) is 5.10 Å². The van der Waals surface area contributed by atoms with Gasteiger partial charge in [0.2, 0.25) is 0 Å². The molecule has 0 atom stereocenters. The van der Waals surface area contributed by atoms with Crippen LogP contribution in [0.15, 0.2) is 24.3 Å². The zero-order chi connectivity index (χ0) is 13.9. The van der Waals surface area contributed by atoms with Crippen LogP contribution in [-0.4, -0.2) is 17.3 Å². The van der Waals surface area contributed by atoms with Crippen molar-refractivity contribution in [3.63, 3.8) is 0 Å². The summed E-state index contributed by atoms with van der Waals surface area (Å²) in [7, 11) is 1.70. The Bertz CT molecular complexity index is 565. The number of hydrogen-bond acceptors (Lipinski definition) is 2. The van der Waals surface area contributed by atoms with Crippen LogP contribution in [0, 0.1) is 6.92 Å². The number of nitrogens with zero attached hydrogens (tertiary/aromatic N) is 1. The molecule has 0 amide bonds. The van der Waals surface area contributed by atoms with E-state index in [0.717, 1.165) is 11.4 Å². The van der Waals surface area contributed by atoms with E-state index in [2.05, 4.69) is 29.3 Å². The molecule has 1 saturated carbocycles. The van der Waals surface area contributed by atoms with Gasteiger partial charge < -0.3 is 4.74 Å². The van der Waals surface area contributed by atoms with Crippen LogP contribution in [0.5, 0.6) is 5.75 Å². The number of aromatic nitrogens is 2. The highest BCUT2D eigenvalue weighted by Gasteiger charge is 2.23. The second-order valence-corrected chi connectivity index (χ2v) is 5.67. The first-order valence-corrected chi connectivity index (χ1v) is 7.49. The molecule has 3 heteroatoms. The van der Waals surface area contributed by atoms with Gasteiger partial charge in [-0.05, 0) is 37.5 Å². The van der Waals surface area contributed by atoms with Crippen molar-refractivity contribution >= 4 is 0 Å². The zero-order valence-electron chi connectivity index (χ0n) is 12.3. The number of ether oxygens (including phenoxy) is 1. The van der Waals surface area contributed by atoms with Gasteiger partial charge in [-0.1, -0.05) is 31.4 Å². The summed E-state index contributed by atoms with van der Waals surface area (Å²) in [6, 6.07) is 8.30. The topological polar surface area (TPSA) is 37.9 Å². The SMILES string of the molecule is COc1ccc(-c2c(C3CCCCC3)n[nH]c2C)cc1. The van der Waals surface area contributed by atoms with Crippen LogP contribution in [0.4, 0.5) is 0 Å². The quantitative estimate of drug-likeness (QED) is 0.895. The van der Waals surface area contributed by atoms with E-state index in [1.165, 1.54) is 48.9 Å². The van der Waals surface area contributed by atoms with E-state index in [1.54, 1.807) is 7.11 Å². The summed E-state index contributed by atoms with van der Waals surface area (Å²) < 4.78 is 5.24. The van der Waals surface area contributed by atoms with E-state index in [1.807, 2.05) is 12.1 Å². The number of aromatic amines is 1. The second-order valence-electron chi connectivity index (χ2n) is 5.67. The Morgan fingerprint density at radius 3 is 2.45 bits per heavy atom. The Hall–Kier alpha value is -1.77. The Balaban J connectivity index is 1.96. The fourth-order valence-corrected chi connectivity index (χ4v) is 3.24. The molecule has 0 aliphatic heterocycles. The lowest BCUT2D eigenvalue weighted by Gasteiger charge is -2.21. The smallest absolute Gasteiger partial charge is 0.118 e. The van der Waals surface area contributed by atoms with Crippen LogP contribution >= 0.6 is 0 Å². The molecule has 1 aliphatic rings. The molecule has 1 heterocycles. The standard InChI is InChI=1S/C17H22N2O/c1-12-16(13-8-10-15(20-2)11-9-13)17(19-18-12)14-6-4-3-5-7-14/h8-11,14H,3-7H2,1-2H3,(H,18,19). The first-order valence-electron chi connectivity index (χ1n) is 7.49. The van der Waals surface area contributed by atoms with Crippen molar-refractivity contribution in [2.24, 2.45) is 0 Å². The molecule has 1 aromatic carbocycles. The third-order valence-corrected chi connectivity index (χ3v) is 4.35. The minimum atomic E-state index is 0.616. The van der Waals surface area contributed by atoms with Crippen LogP contribution < -0.4 is 4.74 Å². The number of rotatable bonds is 3. The number of H-pyrrole nitrogens is 1. The largest absolute Gasteiger partial charge is 0.497 e. The Morgan fingerprint density at radius 2 is 1.80 bits per heavy atom. The lowest BCUT2D eigenvalue weighted by atomic mass is 9.84. The summed E-state index contributed by atoms with van der Waals surface area (Å²) in [5, 5.41) is 7.78. The van der Waals surface area contributed by atoms with Gasteiger partial charge in [-0.25, -0.2) is 0 Å². The van der Waals surface area contributed by atoms with E-state index in [-0.39, 0.29) is 0 Å². The van der Waals surface area contributed by atoms with Crippen molar-refractivity contribution in [2.75, 3.05) is 7.11 Å². The molecular formula is C17H22N2O. The molecule has 1 aliphatic carbocycles. The van der Waals surface area contributed by atoms with Crippen molar-refractivity contribution in [1.29, 1.82) is 0 Å². The van der Waals surface area contributed by atoms with Crippen LogP contribution in [0.2, 0.25) is 0 Å². The maximum Gasteiger partial charge on any atom is 0.118 e. The first-order chi connectivity index (χ1) is 9.79. The summed E-state index contributed by atoms with van der Waals surface area (Å²) in [5.74, 6) is 1.51. The van der Waals surface area contributed by atoms with E-state index in [0.29, 0.717) is 5.92 Å². The molecule has 0 unspecified atom stereocenters. The monoisotopic (exact) mass is 270 g/mol. The van der Waals surface area contributed by atoms with Crippen LogP contribution in [0.1, 0.15) is 49.4 Å². The van der Waals surface area contributed by atoms with E-state index >= 15 is 0 Å². The van der Waals surface area contributed by atoms with Crippen molar-refractivity contribution in [1.82, 2.24) is 10.2 Å². The van der Waals surface area contributed by atoms with Gasteiger partial charge in [-0.15, -0.1) is 0 Å². The zero-order valence-corrected chi connectivity index (χ0v) is 12.3. The number of hydrogen-bond donors (Lipinski definition) is 1. The van der Waals surface area contributed by atoms with Crippen LogP contribution in [-0.2, 0) is 0 Å². The van der Waals surface area contributed by atoms with Crippen molar-refractivity contribution < 1.29 is 4.74 Å². The molecule has 106 valence electrons. The number of benzene rings is 1. The summed E-state index contributed by atoms with van der Waals surface area (Å²) in [5.41, 5.74) is 4.94. The highest BCUT2D eigenvalue weighted by atomic mass is 16.5. The van der Waals surface area contributed by atoms with Crippen LogP contribution in [0.25, 0.3) is 11.1 Å². The molecule has 1 fully saturated rings. The molecule has 0 bridgehead atoms. The minimum Gasteiger partial charge on any atom is -0.497 e. The average Bonchev–Trinajstić information content (AvgIpc) is 2.90. The summed E-state index contributed by atoms with van der Waals surface area (Å²) in [4.78, 5) is 0. The fraction of sp³-hybridized carbons (Fsp3) is 0.471. The third kappa shape index (κ3) is 2.45. The first kappa shape index (κ1) is 13.2. The van der Waals surface area contributed by atoms with Gasteiger partial charge in [0.05, 0.1) is 12.8 Å². The van der Waals surface area contributed by atoms with Crippen molar-refractivity contribution in [3.05, 3.63) is 35.7 Å². The van der Waals surface area contributed by atoms with Crippen molar-refractivity contribution in [3.8, 4) is 16.9 Å². The highest BCUT2D eigenvalue weighted by molar-refractivity contribution is 5.69. The van der Waals surface area contributed by atoms with Gasteiger partial charge >= 0.3 is 0 Å². The minimum absolute atomic E-state index is 0.616. The predicted octanol–water partition coefficient (Wildman–Crippen LogP) is 4.44. The van der Waals surface area contributed by atoms with E-state index in [4.69, 9.17) is 4.74 Å². The molecule has 0 saturated heterocycles. The van der Waals surface area contributed by atoms with Crippen LogP contribution in [0.3, 0.4) is 0 Å². The summed E-state index contributed by atoms with van der Waals surface area (Å²) in [6.07, 6.45) is 6.58. The van der Waals surface area contributed by atoms with Gasteiger partial charge in [0.1, 0.15) is 5.75 Å². The third-order valence-electron chi connectivity index (χ3n) is 4.35. The molecule has 3 rings (SSSR count). The number of methoxy groups -OCH3 is 1. The maximum atomic E-state index is 5.24. The average molecular weight is 270 g/mol. The summed E-state index contributed by atoms with van der Waals surface area (Å²) in [6.45, 7) is 2.11. The predicted molar refractivity (Wildman–Crippen MR) is 81.1 cm³/mol. The molecule has 20 heavy (non-hydrogen) atoms. The molecule has 2 aromatic rings. The Kier molecular flexibility index (Phi) is 3.77. The lowest BCUT2D eigenvalue weighted by molar-refractivity contribution is 0.415. The molecular weight excluding hydrogens is 248 g/mol. The van der Waals surface area contributed by atoms with Gasteiger partial charge in [0.25, 0.3) is 0 Å². The highest BCUT2D eigenvalue weighted by Crippen LogP contribution is 2.38. The van der Waals surface area contributed by atoms with Gasteiger partial charge in [-0.2, -0.15) is 5.10 Å². The van der Waals surface area contributed by atoms with E-state index in [9.17, 15) is 0 Å². The fourth-order valence-electron chi connectivity index (χ4n) is 3.24. The second kappa shape index (κ2) is 5.70. The maximum absolute atomic E-state index is 5.24. The molecule has 3 nitrogen and oxygen atoms in total. The number of nitrogens with one attached hydrogen (secondary N) is 1. The van der Waals surface area contributed by atoms with Gasteiger partial charge in [0, 0.05) is 17.2 Å².